The van der Waals surface area contributed by atoms with Crippen molar-refractivity contribution in [3.05, 3.63) is 12.7 Å². The number of aromatic nitrogens is 4. The third-order valence-corrected chi connectivity index (χ3v) is 6.26. The molecule has 0 amide bonds. The highest BCUT2D eigenvalue weighted by Gasteiger charge is 2.33. The minimum Gasteiger partial charge on any atom is -0.466 e. The lowest BCUT2D eigenvalue weighted by Gasteiger charge is -2.29. The van der Waals surface area contributed by atoms with Gasteiger partial charge in [-0.15, -0.1) is 0 Å². The standard InChI is InChI=1S/C18H28N5O6P/c1-3-26-15(24)6-4-5-14-8-28-30(25,29-9-14)12-27-13(2)7-23-11-22-16-17(19)20-10-21-18(16)23/h10-11,13-14H,3-9,12H2,1-2H3,(H2,19,20,21)/t13-,14?,30?/m1/s1. The molecule has 3 rings (SSSR count). The number of rotatable bonds is 10. The predicted octanol–water partition coefficient (Wildman–Crippen LogP) is 2.36. The molecule has 0 aromatic carbocycles. The highest BCUT2D eigenvalue weighted by Crippen LogP contribution is 2.52. The summed E-state index contributed by atoms with van der Waals surface area (Å²) in [4.78, 5) is 23.7. The fraction of sp³-hybridized carbons (Fsp3) is 0.667. The Bertz CT molecular complexity index is 894. The van der Waals surface area contributed by atoms with Crippen LogP contribution in [0, 0.1) is 5.92 Å². The van der Waals surface area contributed by atoms with Crippen LogP contribution in [0.25, 0.3) is 11.2 Å². The molecule has 1 saturated heterocycles. The molecule has 1 aliphatic rings. The number of nitrogens with zero attached hydrogens (tertiary/aromatic N) is 4. The summed E-state index contributed by atoms with van der Waals surface area (Å²) in [7, 11) is -3.30. The highest BCUT2D eigenvalue weighted by atomic mass is 31.2. The Labute approximate surface area is 174 Å². The minimum atomic E-state index is -3.30. The van der Waals surface area contributed by atoms with E-state index in [2.05, 4.69) is 15.0 Å². The summed E-state index contributed by atoms with van der Waals surface area (Å²) in [5.41, 5.74) is 6.94. The first-order chi connectivity index (χ1) is 14.4. The molecule has 0 radical (unpaired) electrons. The van der Waals surface area contributed by atoms with Crippen molar-refractivity contribution in [3.63, 3.8) is 0 Å². The van der Waals surface area contributed by atoms with Crippen molar-refractivity contribution in [1.29, 1.82) is 0 Å². The van der Waals surface area contributed by atoms with Crippen molar-refractivity contribution < 1.29 is 27.9 Å². The summed E-state index contributed by atoms with van der Waals surface area (Å²) >= 11 is 0. The van der Waals surface area contributed by atoms with Gasteiger partial charge in [-0.1, -0.05) is 0 Å². The Morgan fingerprint density at radius 3 is 2.87 bits per heavy atom. The van der Waals surface area contributed by atoms with Crippen molar-refractivity contribution in [2.24, 2.45) is 5.92 Å². The number of nitrogen functional groups attached to an aromatic ring is 1. The second kappa shape index (κ2) is 10.3. The SMILES string of the molecule is CCOC(=O)CCCC1COP(=O)(CO[C@H](C)Cn2cnc3c(N)ncnc32)OC1. The van der Waals surface area contributed by atoms with E-state index in [1.807, 2.05) is 6.92 Å². The number of fused-ring (bicyclic) bond motifs is 1. The van der Waals surface area contributed by atoms with E-state index in [9.17, 15) is 9.36 Å². The van der Waals surface area contributed by atoms with E-state index in [4.69, 9.17) is 24.3 Å². The molecule has 2 N–H and O–H groups in total. The van der Waals surface area contributed by atoms with Gasteiger partial charge < -0.3 is 28.8 Å². The Hall–Kier alpha value is -2.07. The van der Waals surface area contributed by atoms with Crippen molar-refractivity contribution >= 4 is 30.5 Å². The van der Waals surface area contributed by atoms with Gasteiger partial charge in [0.15, 0.2) is 11.5 Å². The molecule has 1 aliphatic heterocycles. The average Bonchev–Trinajstić information content (AvgIpc) is 3.13. The van der Waals surface area contributed by atoms with Crippen LogP contribution in [-0.2, 0) is 34.4 Å². The molecule has 1 atom stereocenters. The van der Waals surface area contributed by atoms with Gasteiger partial charge in [0.1, 0.15) is 18.2 Å². The Morgan fingerprint density at radius 2 is 2.13 bits per heavy atom. The van der Waals surface area contributed by atoms with E-state index < -0.39 is 7.60 Å². The van der Waals surface area contributed by atoms with E-state index in [1.54, 1.807) is 17.8 Å². The summed E-state index contributed by atoms with van der Waals surface area (Å²) in [6, 6.07) is 0. The van der Waals surface area contributed by atoms with Crippen molar-refractivity contribution in [2.45, 2.75) is 45.8 Å². The predicted molar refractivity (Wildman–Crippen MR) is 109 cm³/mol. The topological polar surface area (TPSA) is 141 Å². The zero-order valence-electron chi connectivity index (χ0n) is 17.2. The van der Waals surface area contributed by atoms with Crippen LogP contribution in [0.2, 0.25) is 0 Å². The van der Waals surface area contributed by atoms with Crippen LogP contribution in [-0.4, -0.2) is 57.8 Å². The lowest BCUT2D eigenvalue weighted by atomic mass is 10.0. The van der Waals surface area contributed by atoms with Crippen molar-refractivity contribution in [1.82, 2.24) is 19.5 Å². The molecular formula is C18H28N5O6P. The smallest absolute Gasteiger partial charge is 0.356 e. The van der Waals surface area contributed by atoms with Gasteiger partial charge in [0.25, 0.3) is 0 Å². The van der Waals surface area contributed by atoms with Gasteiger partial charge in [0, 0.05) is 12.3 Å². The molecule has 11 nitrogen and oxygen atoms in total. The molecule has 0 spiro atoms. The van der Waals surface area contributed by atoms with E-state index in [0.29, 0.717) is 56.2 Å². The van der Waals surface area contributed by atoms with Gasteiger partial charge in [0.05, 0.1) is 38.8 Å². The summed E-state index contributed by atoms with van der Waals surface area (Å²) in [6.07, 6.45) is 4.38. The molecule has 166 valence electrons. The average molecular weight is 441 g/mol. The van der Waals surface area contributed by atoms with Crippen LogP contribution >= 0.6 is 7.60 Å². The molecule has 2 aromatic rings. The number of esters is 1. The lowest BCUT2D eigenvalue weighted by molar-refractivity contribution is -0.143. The fourth-order valence-corrected chi connectivity index (χ4v) is 4.65. The number of carbonyl (C=O) groups excluding carboxylic acids is 1. The molecule has 0 saturated carbocycles. The maximum atomic E-state index is 12.7. The van der Waals surface area contributed by atoms with Crippen LogP contribution < -0.4 is 5.73 Å². The molecular weight excluding hydrogens is 413 g/mol. The largest absolute Gasteiger partial charge is 0.466 e. The maximum absolute atomic E-state index is 12.7. The molecule has 0 unspecified atom stereocenters. The molecule has 0 bridgehead atoms. The van der Waals surface area contributed by atoms with Crippen molar-refractivity contribution in [2.75, 3.05) is 31.9 Å². The third-order valence-electron chi connectivity index (χ3n) is 4.71. The maximum Gasteiger partial charge on any atom is 0.356 e. The lowest BCUT2D eigenvalue weighted by Crippen LogP contribution is -2.24. The van der Waals surface area contributed by atoms with Crippen LogP contribution in [0.1, 0.15) is 33.1 Å². The first-order valence-corrected chi connectivity index (χ1v) is 11.7. The molecule has 1 fully saturated rings. The molecule has 30 heavy (non-hydrogen) atoms. The van der Waals surface area contributed by atoms with Crippen LogP contribution in [0.3, 0.4) is 0 Å². The molecule has 0 aliphatic carbocycles. The summed E-state index contributed by atoms with van der Waals surface area (Å²) < 4.78 is 36.1. The fourth-order valence-electron chi connectivity index (χ4n) is 3.11. The van der Waals surface area contributed by atoms with Gasteiger partial charge >= 0.3 is 13.6 Å². The van der Waals surface area contributed by atoms with Gasteiger partial charge in [-0.25, -0.2) is 15.0 Å². The number of ether oxygens (including phenoxy) is 2. The number of imidazole rings is 1. The van der Waals surface area contributed by atoms with Gasteiger partial charge in [-0.05, 0) is 26.7 Å². The monoisotopic (exact) mass is 441 g/mol. The molecule has 3 heterocycles. The first-order valence-electron chi connectivity index (χ1n) is 9.97. The third kappa shape index (κ3) is 5.98. The van der Waals surface area contributed by atoms with Crippen molar-refractivity contribution in [3.8, 4) is 0 Å². The van der Waals surface area contributed by atoms with E-state index in [1.165, 1.54) is 6.33 Å². The van der Waals surface area contributed by atoms with E-state index in [-0.39, 0.29) is 24.3 Å². The molecule has 2 aromatic heterocycles. The summed E-state index contributed by atoms with van der Waals surface area (Å²) in [6.45, 7) is 5.10. The number of carbonyl (C=O) groups is 1. The van der Waals surface area contributed by atoms with Crippen LogP contribution in [0.4, 0.5) is 5.82 Å². The highest BCUT2D eigenvalue weighted by molar-refractivity contribution is 7.53. The van der Waals surface area contributed by atoms with Gasteiger partial charge in [-0.3, -0.25) is 9.36 Å². The van der Waals surface area contributed by atoms with Crippen LogP contribution in [0.15, 0.2) is 12.7 Å². The Morgan fingerprint density at radius 1 is 1.37 bits per heavy atom. The zero-order valence-corrected chi connectivity index (χ0v) is 18.1. The van der Waals surface area contributed by atoms with E-state index in [0.717, 1.165) is 6.42 Å². The quantitative estimate of drug-likeness (QED) is 0.431. The van der Waals surface area contributed by atoms with E-state index >= 15 is 0 Å². The number of nitrogens with two attached hydrogens (primary N) is 1. The second-order valence-electron chi connectivity index (χ2n) is 7.20. The first kappa shape index (κ1) is 22.6. The van der Waals surface area contributed by atoms with Gasteiger partial charge in [0.2, 0.25) is 0 Å². The normalized spacial score (nSPS) is 22.8. The number of hydrogen-bond acceptors (Lipinski definition) is 10. The summed E-state index contributed by atoms with van der Waals surface area (Å²) in [5.74, 6) is 0.210. The van der Waals surface area contributed by atoms with Crippen LogP contribution in [0.5, 0.6) is 0 Å². The number of hydrogen-bond donors (Lipinski definition) is 1. The molecule has 12 heteroatoms. The summed E-state index contributed by atoms with van der Waals surface area (Å²) in [5, 5.41) is 0. The Kier molecular flexibility index (Phi) is 7.76. The minimum absolute atomic E-state index is 0.0985. The van der Waals surface area contributed by atoms with Gasteiger partial charge in [-0.2, -0.15) is 0 Å². The Balaban J connectivity index is 1.41. The second-order valence-corrected chi connectivity index (χ2v) is 9.20. The number of anilines is 1. The zero-order chi connectivity index (χ0) is 21.6.